The van der Waals surface area contributed by atoms with Gasteiger partial charge in [-0.1, -0.05) is 13.8 Å². The van der Waals surface area contributed by atoms with E-state index in [9.17, 15) is 4.79 Å². The Balaban J connectivity index is 2.10. The minimum absolute atomic E-state index is 0.132. The molecule has 1 saturated heterocycles. The van der Waals surface area contributed by atoms with E-state index in [1.807, 2.05) is 0 Å². The molecule has 1 aromatic heterocycles. The maximum Gasteiger partial charge on any atom is 0.338 e. The van der Waals surface area contributed by atoms with E-state index >= 15 is 0 Å². The zero-order valence-corrected chi connectivity index (χ0v) is 10.1. The summed E-state index contributed by atoms with van der Waals surface area (Å²) < 4.78 is 0. The number of rotatable bonds is 2. The Morgan fingerprint density at radius 2 is 2.00 bits per heavy atom. The van der Waals surface area contributed by atoms with E-state index in [1.54, 1.807) is 0 Å². The number of carboxylic acid groups (broad SMARTS) is 1. The van der Waals surface area contributed by atoms with Crippen LogP contribution in [0.2, 0.25) is 0 Å². The van der Waals surface area contributed by atoms with Crippen molar-refractivity contribution in [3.63, 3.8) is 0 Å². The molecule has 0 spiro atoms. The van der Waals surface area contributed by atoms with E-state index in [4.69, 9.17) is 5.11 Å². The summed E-state index contributed by atoms with van der Waals surface area (Å²) in [5.74, 6) is 0.988. The SMILES string of the molecule is CC1CCN(c2ncc(C(=O)O)cn2)CC1C. The van der Waals surface area contributed by atoms with Crippen molar-refractivity contribution in [2.75, 3.05) is 18.0 Å². The molecule has 17 heavy (non-hydrogen) atoms. The van der Waals surface area contributed by atoms with E-state index in [0.29, 0.717) is 11.9 Å². The van der Waals surface area contributed by atoms with Crippen molar-refractivity contribution in [2.24, 2.45) is 11.8 Å². The van der Waals surface area contributed by atoms with Crippen LogP contribution in [0.5, 0.6) is 0 Å². The van der Waals surface area contributed by atoms with Crippen LogP contribution in [0.25, 0.3) is 0 Å². The molecule has 2 heterocycles. The van der Waals surface area contributed by atoms with Crippen LogP contribution in [0, 0.1) is 11.8 Å². The van der Waals surface area contributed by atoms with Crippen LogP contribution in [-0.4, -0.2) is 34.1 Å². The van der Waals surface area contributed by atoms with Gasteiger partial charge in [0.05, 0.1) is 5.56 Å². The molecule has 5 nitrogen and oxygen atoms in total. The Kier molecular flexibility index (Phi) is 3.26. The highest BCUT2D eigenvalue weighted by atomic mass is 16.4. The molecule has 1 aliphatic rings. The first-order valence-electron chi connectivity index (χ1n) is 5.88. The standard InChI is InChI=1S/C12H17N3O2/c1-8-3-4-15(7-9(8)2)12-13-5-10(6-14-12)11(16)17/h5-6,8-9H,3-4,7H2,1-2H3,(H,16,17). The van der Waals surface area contributed by atoms with Gasteiger partial charge in [-0.3, -0.25) is 0 Å². The van der Waals surface area contributed by atoms with Crippen molar-refractivity contribution in [2.45, 2.75) is 20.3 Å². The molecule has 2 rings (SSSR count). The maximum absolute atomic E-state index is 10.7. The Labute approximate surface area is 100 Å². The summed E-state index contributed by atoms with van der Waals surface area (Å²) in [4.78, 5) is 21.0. The zero-order valence-electron chi connectivity index (χ0n) is 10.1. The van der Waals surface area contributed by atoms with Crippen LogP contribution >= 0.6 is 0 Å². The molecule has 0 aliphatic carbocycles. The number of piperidine rings is 1. The molecular weight excluding hydrogens is 218 g/mol. The number of carbonyl (C=O) groups is 1. The molecule has 92 valence electrons. The smallest absolute Gasteiger partial charge is 0.338 e. The predicted molar refractivity (Wildman–Crippen MR) is 64.1 cm³/mol. The fraction of sp³-hybridized carbons (Fsp3) is 0.583. The maximum atomic E-state index is 10.7. The fourth-order valence-electron chi connectivity index (χ4n) is 2.04. The van der Waals surface area contributed by atoms with Gasteiger partial charge in [0.15, 0.2) is 0 Å². The lowest BCUT2D eigenvalue weighted by Crippen LogP contribution is -2.39. The topological polar surface area (TPSA) is 66.3 Å². The van der Waals surface area contributed by atoms with Gasteiger partial charge in [-0.25, -0.2) is 14.8 Å². The van der Waals surface area contributed by atoms with E-state index in [2.05, 4.69) is 28.7 Å². The molecule has 1 fully saturated rings. The van der Waals surface area contributed by atoms with Crippen molar-refractivity contribution in [3.8, 4) is 0 Å². The van der Waals surface area contributed by atoms with Gasteiger partial charge in [0, 0.05) is 25.5 Å². The van der Waals surface area contributed by atoms with Crippen molar-refractivity contribution in [1.29, 1.82) is 0 Å². The molecule has 5 heteroatoms. The lowest BCUT2D eigenvalue weighted by Gasteiger charge is -2.35. The first kappa shape index (κ1) is 11.8. The monoisotopic (exact) mass is 235 g/mol. The first-order chi connectivity index (χ1) is 8.08. The lowest BCUT2D eigenvalue weighted by atomic mass is 9.89. The average Bonchev–Trinajstić information content (AvgIpc) is 2.33. The quantitative estimate of drug-likeness (QED) is 0.844. The summed E-state index contributed by atoms with van der Waals surface area (Å²) in [6, 6.07) is 0. The molecule has 0 radical (unpaired) electrons. The van der Waals surface area contributed by atoms with Gasteiger partial charge in [0.1, 0.15) is 0 Å². The molecule has 0 bridgehead atoms. The molecular formula is C12H17N3O2. The van der Waals surface area contributed by atoms with Crippen LogP contribution in [-0.2, 0) is 0 Å². The largest absolute Gasteiger partial charge is 0.478 e. The molecule has 2 atom stereocenters. The number of aromatic nitrogens is 2. The number of nitrogens with zero attached hydrogens (tertiary/aromatic N) is 3. The molecule has 1 aromatic rings. The summed E-state index contributed by atoms with van der Waals surface area (Å²) in [6.45, 7) is 6.37. The van der Waals surface area contributed by atoms with Gasteiger partial charge >= 0.3 is 5.97 Å². The third kappa shape index (κ3) is 2.54. The van der Waals surface area contributed by atoms with Crippen LogP contribution in [0.15, 0.2) is 12.4 Å². The van der Waals surface area contributed by atoms with Gasteiger partial charge in [-0.15, -0.1) is 0 Å². The van der Waals surface area contributed by atoms with Crippen molar-refractivity contribution in [1.82, 2.24) is 9.97 Å². The van der Waals surface area contributed by atoms with Gasteiger partial charge in [0.2, 0.25) is 5.95 Å². The normalized spacial score (nSPS) is 24.7. The van der Waals surface area contributed by atoms with Gasteiger partial charge in [-0.2, -0.15) is 0 Å². The van der Waals surface area contributed by atoms with Crippen LogP contribution in [0.1, 0.15) is 30.6 Å². The van der Waals surface area contributed by atoms with Gasteiger partial charge in [0.25, 0.3) is 0 Å². The van der Waals surface area contributed by atoms with Crippen LogP contribution < -0.4 is 4.90 Å². The molecule has 1 N–H and O–H groups in total. The fourth-order valence-corrected chi connectivity index (χ4v) is 2.04. The van der Waals surface area contributed by atoms with Crippen LogP contribution in [0.3, 0.4) is 0 Å². The number of aromatic carboxylic acids is 1. The summed E-state index contributed by atoms with van der Waals surface area (Å²) in [5, 5.41) is 8.77. The van der Waals surface area contributed by atoms with Crippen LogP contribution in [0.4, 0.5) is 5.95 Å². The number of carboxylic acids is 1. The highest BCUT2D eigenvalue weighted by molar-refractivity contribution is 5.86. The van der Waals surface area contributed by atoms with Gasteiger partial charge < -0.3 is 10.0 Å². The van der Waals surface area contributed by atoms with Crippen molar-refractivity contribution in [3.05, 3.63) is 18.0 Å². The molecule has 0 saturated carbocycles. The average molecular weight is 235 g/mol. The van der Waals surface area contributed by atoms with E-state index in [-0.39, 0.29) is 5.56 Å². The lowest BCUT2D eigenvalue weighted by molar-refractivity contribution is 0.0696. The number of hydrogen-bond acceptors (Lipinski definition) is 4. The minimum Gasteiger partial charge on any atom is -0.478 e. The minimum atomic E-state index is -0.989. The van der Waals surface area contributed by atoms with E-state index in [1.165, 1.54) is 12.4 Å². The molecule has 2 unspecified atom stereocenters. The van der Waals surface area contributed by atoms with Crippen molar-refractivity contribution >= 4 is 11.9 Å². The Bertz CT molecular complexity index is 405. The Hall–Kier alpha value is -1.65. The second-order valence-corrected chi connectivity index (χ2v) is 4.77. The van der Waals surface area contributed by atoms with E-state index < -0.39 is 5.97 Å². The van der Waals surface area contributed by atoms with Crippen molar-refractivity contribution < 1.29 is 9.90 Å². The zero-order chi connectivity index (χ0) is 12.4. The summed E-state index contributed by atoms with van der Waals surface area (Å²) >= 11 is 0. The van der Waals surface area contributed by atoms with E-state index in [0.717, 1.165) is 25.4 Å². The third-order valence-electron chi connectivity index (χ3n) is 3.50. The second-order valence-electron chi connectivity index (χ2n) is 4.77. The number of anilines is 1. The first-order valence-corrected chi connectivity index (χ1v) is 5.88. The number of hydrogen-bond donors (Lipinski definition) is 1. The molecule has 0 aromatic carbocycles. The highest BCUT2D eigenvalue weighted by Crippen LogP contribution is 2.24. The predicted octanol–water partition coefficient (Wildman–Crippen LogP) is 1.66. The molecule has 0 amide bonds. The second kappa shape index (κ2) is 4.69. The third-order valence-corrected chi connectivity index (χ3v) is 3.50. The Morgan fingerprint density at radius 3 is 2.53 bits per heavy atom. The summed E-state index contributed by atoms with van der Waals surface area (Å²) in [5.41, 5.74) is 0.132. The Morgan fingerprint density at radius 1 is 1.35 bits per heavy atom. The molecule has 1 aliphatic heterocycles. The highest BCUT2D eigenvalue weighted by Gasteiger charge is 2.24. The summed E-state index contributed by atoms with van der Waals surface area (Å²) in [7, 11) is 0. The summed E-state index contributed by atoms with van der Waals surface area (Å²) in [6.07, 6.45) is 3.87. The van der Waals surface area contributed by atoms with Gasteiger partial charge in [-0.05, 0) is 18.3 Å².